The fourth-order valence-electron chi connectivity index (χ4n) is 3.99. The van der Waals surface area contributed by atoms with E-state index in [9.17, 15) is 0 Å². The molecule has 0 aliphatic carbocycles. The fraction of sp³-hybridized carbons (Fsp3) is 0.500. The molecular weight excluding hydrogens is 509 g/mol. The van der Waals surface area contributed by atoms with Crippen molar-refractivity contribution in [2.75, 3.05) is 40.3 Å². The van der Waals surface area contributed by atoms with Gasteiger partial charge in [0.25, 0.3) is 0 Å². The molecule has 0 spiro atoms. The largest absolute Gasteiger partial charge is 0.354 e. The van der Waals surface area contributed by atoms with Crippen molar-refractivity contribution < 1.29 is 0 Å². The lowest BCUT2D eigenvalue weighted by Crippen LogP contribution is -2.42. The monoisotopic (exact) mass is 549 g/mol. The van der Waals surface area contributed by atoms with E-state index in [1.807, 2.05) is 7.05 Å². The third-order valence-corrected chi connectivity index (χ3v) is 6.02. The highest BCUT2D eigenvalue weighted by molar-refractivity contribution is 14.0. The van der Waals surface area contributed by atoms with Crippen LogP contribution >= 0.6 is 24.0 Å². The number of aryl methyl sites for hydroxylation is 1. The molecule has 1 atom stereocenters. The number of nitrogens with zero attached hydrogens (tertiary/aromatic N) is 3. The lowest BCUT2D eigenvalue weighted by molar-refractivity contribution is 0.269. The van der Waals surface area contributed by atoms with Crippen LogP contribution < -0.4 is 10.6 Å². The Morgan fingerprint density at radius 2 is 1.66 bits per heavy atom. The smallest absolute Gasteiger partial charge is 0.191 e. The van der Waals surface area contributed by atoms with Gasteiger partial charge in [0.15, 0.2) is 5.96 Å². The lowest BCUT2D eigenvalue weighted by atomic mass is 10.1. The maximum atomic E-state index is 4.39. The zero-order chi connectivity index (χ0) is 21.9. The van der Waals surface area contributed by atoms with Crippen molar-refractivity contribution in [1.29, 1.82) is 0 Å². The second kappa shape index (κ2) is 14.5. The highest BCUT2D eigenvalue weighted by atomic mass is 127. The summed E-state index contributed by atoms with van der Waals surface area (Å²) >= 11 is 0. The average Bonchev–Trinajstić information content (AvgIpc) is 3.00. The number of nitrogens with one attached hydrogen (secondary N) is 2. The molecular formula is C26H40IN5. The first-order valence-electron chi connectivity index (χ1n) is 11.6. The number of benzene rings is 2. The normalized spacial score (nSPS) is 16.7. The molecule has 6 heteroatoms. The standard InChI is InChI=1S/C26H39N5.HI/c1-22(10-11-23-8-5-4-6-9-23)29-26(27-2)28-20-24-12-14-25(15-13-24)21-31-17-7-16-30(3)18-19-31;/h4-6,8-9,12-15,22H,7,10-11,16-21H2,1-3H3,(H2,27,28,29);1H. The van der Waals surface area contributed by atoms with Crippen LogP contribution in [0, 0.1) is 0 Å². The zero-order valence-electron chi connectivity index (χ0n) is 19.9. The second-order valence-electron chi connectivity index (χ2n) is 8.74. The van der Waals surface area contributed by atoms with Gasteiger partial charge in [-0.25, -0.2) is 0 Å². The first kappa shape index (κ1) is 26.6. The molecule has 32 heavy (non-hydrogen) atoms. The van der Waals surface area contributed by atoms with Gasteiger partial charge in [-0.05, 0) is 63.0 Å². The molecule has 1 unspecified atom stereocenters. The molecule has 2 aromatic carbocycles. The first-order chi connectivity index (χ1) is 15.1. The van der Waals surface area contributed by atoms with E-state index in [0.717, 1.165) is 45.0 Å². The summed E-state index contributed by atoms with van der Waals surface area (Å²) < 4.78 is 0. The lowest BCUT2D eigenvalue weighted by Gasteiger charge is -2.20. The minimum Gasteiger partial charge on any atom is -0.354 e. The van der Waals surface area contributed by atoms with Crippen LogP contribution in [0.25, 0.3) is 0 Å². The van der Waals surface area contributed by atoms with Crippen LogP contribution in [0.15, 0.2) is 59.6 Å². The van der Waals surface area contributed by atoms with E-state index in [0.29, 0.717) is 6.04 Å². The minimum atomic E-state index is 0. The summed E-state index contributed by atoms with van der Waals surface area (Å²) in [5.74, 6) is 0.860. The summed E-state index contributed by atoms with van der Waals surface area (Å²) in [5.41, 5.74) is 4.05. The summed E-state index contributed by atoms with van der Waals surface area (Å²) in [7, 11) is 4.05. The van der Waals surface area contributed by atoms with E-state index in [2.05, 4.69) is 94.0 Å². The van der Waals surface area contributed by atoms with Crippen molar-refractivity contribution in [1.82, 2.24) is 20.4 Å². The van der Waals surface area contributed by atoms with Gasteiger partial charge >= 0.3 is 0 Å². The SMILES string of the molecule is CN=C(NCc1ccc(CN2CCCN(C)CC2)cc1)NC(C)CCc1ccccc1.I. The van der Waals surface area contributed by atoms with Gasteiger partial charge in [-0.3, -0.25) is 9.89 Å². The van der Waals surface area contributed by atoms with Crippen molar-refractivity contribution in [3.63, 3.8) is 0 Å². The Hall–Kier alpha value is -1.64. The number of aliphatic imine (C=N–C) groups is 1. The Morgan fingerprint density at radius 1 is 0.938 bits per heavy atom. The molecule has 5 nitrogen and oxygen atoms in total. The van der Waals surface area contributed by atoms with Crippen LogP contribution in [0.1, 0.15) is 36.5 Å². The van der Waals surface area contributed by atoms with E-state index in [1.54, 1.807) is 0 Å². The zero-order valence-corrected chi connectivity index (χ0v) is 22.2. The molecule has 0 saturated carbocycles. The van der Waals surface area contributed by atoms with Crippen LogP contribution in [0.2, 0.25) is 0 Å². The number of rotatable bonds is 8. The first-order valence-corrected chi connectivity index (χ1v) is 11.6. The highest BCUT2D eigenvalue weighted by Crippen LogP contribution is 2.10. The number of halogens is 1. The summed E-state index contributed by atoms with van der Waals surface area (Å²) in [5, 5.41) is 6.96. The predicted octanol–water partition coefficient (Wildman–Crippen LogP) is 4.13. The van der Waals surface area contributed by atoms with Crippen LogP contribution in [-0.4, -0.2) is 62.1 Å². The molecule has 0 aromatic heterocycles. The molecule has 1 aliphatic heterocycles. The van der Waals surface area contributed by atoms with Gasteiger partial charge in [-0.2, -0.15) is 0 Å². The fourth-order valence-corrected chi connectivity index (χ4v) is 3.99. The Kier molecular flexibility index (Phi) is 12.1. The van der Waals surface area contributed by atoms with Crippen LogP contribution in [0.5, 0.6) is 0 Å². The van der Waals surface area contributed by atoms with Gasteiger partial charge < -0.3 is 15.5 Å². The molecule has 0 radical (unpaired) electrons. The molecule has 2 N–H and O–H groups in total. The maximum absolute atomic E-state index is 4.39. The van der Waals surface area contributed by atoms with Crippen LogP contribution in [0.3, 0.4) is 0 Å². The van der Waals surface area contributed by atoms with Gasteiger partial charge in [0.2, 0.25) is 0 Å². The van der Waals surface area contributed by atoms with E-state index in [-0.39, 0.29) is 24.0 Å². The summed E-state index contributed by atoms with van der Waals surface area (Å²) in [4.78, 5) is 9.39. The molecule has 2 aromatic rings. The van der Waals surface area contributed by atoms with Gasteiger partial charge in [0.1, 0.15) is 0 Å². The predicted molar refractivity (Wildman–Crippen MR) is 147 cm³/mol. The molecule has 3 rings (SSSR count). The number of likely N-dealkylation sites (N-methyl/N-ethyl adjacent to an activating group) is 1. The number of hydrogen-bond acceptors (Lipinski definition) is 3. The molecule has 1 saturated heterocycles. The summed E-state index contributed by atoms with van der Waals surface area (Å²) in [6.45, 7) is 8.76. The summed E-state index contributed by atoms with van der Waals surface area (Å²) in [6.07, 6.45) is 3.40. The molecule has 0 bridgehead atoms. The molecule has 176 valence electrons. The summed E-state index contributed by atoms with van der Waals surface area (Å²) in [6, 6.07) is 20.0. The maximum Gasteiger partial charge on any atom is 0.191 e. The highest BCUT2D eigenvalue weighted by Gasteiger charge is 2.12. The van der Waals surface area contributed by atoms with Crippen molar-refractivity contribution >= 4 is 29.9 Å². The van der Waals surface area contributed by atoms with E-state index in [4.69, 9.17) is 0 Å². The van der Waals surface area contributed by atoms with Gasteiger partial charge in [0.05, 0.1) is 0 Å². The van der Waals surface area contributed by atoms with E-state index in [1.165, 1.54) is 36.2 Å². The second-order valence-corrected chi connectivity index (χ2v) is 8.74. The third kappa shape index (κ3) is 9.46. The quantitative estimate of drug-likeness (QED) is 0.296. The Balaban J connectivity index is 0.00000363. The molecule has 0 amide bonds. The topological polar surface area (TPSA) is 42.9 Å². The van der Waals surface area contributed by atoms with Crippen molar-refractivity contribution in [2.24, 2.45) is 4.99 Å². The van der Waals surface area contributed by atoms with E-state index < -0.39 is 0 Å². The third-order valence-electron chi connectivity index (χ3n) is 6.02. The van der Waals surface area contributed by atoms with Gasteiger partial charge in [-0.1, -0.05) is 54.6 Å². The molecule has 1 fully saturated rings. The van der Waals surface area contributed by atoms with Gasteiger partial charge in [-0.15, -0.1) is 24.0 Å². The number of hydrogen-bond donors (Lipinski definition) is 2. The van der Waals surface area contributed by atoms with Crippen molar-refractivity contribution in [2.45, 2.75) is 45.3 Å². The van der Waals surface area contributed by atoms with Crippen LogP contribution in [0.4, 0.5) is 0 Å². The van der Waals surface area contributed by atoms with Crippen LogP contribution in [-0.2, 0) is 19.5 Å². The molecule has 1 aliphatic rings. The van der Waals surface area contributed by atoms with Gasteiger partial charge in [0, 0.05) is 39.3 Å². The molecule has 1 heterocycles. The van der Waals surface area contributed by atoms with Crippen molar-refractivity contribution in [3.8, 4) is 0 Å². The minimum absolute atomic E-state index is 0. The number of guanidine groups is 1. The van der Waals surface area contributed by atoms with Crippen molar-refractivity contribution in [3.05, 3.63) is 71.3 Å². The Labute approximate surface area is 211 Å². The average molecular weight is 550 g/mol. The Morgan fingerprint density at radius 3 is 2.38 bits per heavy atom. The Bertz CT molecular complexity index is 794. The van der Waals surface area contributed by atoms with E-state index >= 15 is 0 Å².